The van der Waals surface area contributed by atoms with Crippen molar-refractivity contribution in [2.75, 3.05) is 7.05 Å². The lowest BCUT2D eigenvalue weighted by atomic mass is 9.97. The van der Waals surface area contributed by atoms with E-state index < -0.39 is 5.54 Å². The van der Waals surface area contributed by atoms with Crippen LogP contribution in [-0.4, -0.2) is 28.0 Å². The van der Waals surface area contributed by atoms with E-state index in [1.165, 1.54) is 0 Å². The van der Waals surface area contributed by atoms with Gasteiger partial charge in [-0.3, -0.25) is 4.79 Å². The van der Waals surface area contributed by atoms with Crippen molar-refractivity contribution in [1.82, 2.24) is 14.9 Å². The Morgan fingerprint density at radius 1 is 1.65 bits per heavy atom. The Bertz CT molecular complexity index is 374. The molecule has 3 N–H and O–H groups in total. The van der Waals surface area contributed by atoms with E-state index in [1.807, 2.05) is 13.1 Å². The summed E-state index contributed by atoms with van der Waals surface area (Å²) in [7, 11) is 1.76. The first-order valence-corrected chi connectivity index (χ1v) is 6.02. The van der Waals surface area contributed by atoms with Gasteiger partial charge in [-0.1, -0.05) is 6.92 Å². The van der Waals surface area contributed by atoms with Gasteiger partial charge in [-0.25, -0.2) is 4.98 Å². The summed E-state index contributed by atoms with van der Waals surface area (Å²) in [6.45, 7) is 4.70. The van der Waals surface area contributed by atoms with Crippen molar-refractivity contribution in [3.63, 3.8) is 0 Å². The number of aryl methyl sites for hydroxylation is 2. The van der Waals surface area contributed by atoms with Crippen molar-refractivity contribution in [2.45, 2.75) is 45.2 Å². The second-order valence-corrected chi connectivity index (χ2v) is 4.48. The number of aromatic nitrogens is 2. The number of nitrogens with one attached hydrogen (secondary N) is 1. The van der Waals surface area contributed by atoms with Gasteiger partial charge in [0.1, 0.15) is 5.82 Å². The number of carbonyl (C=O) groups is 1. The highest BCUT2D eigenvalue weighted by molar-refractivity contribution is 5.84. The molecule has 1 amide bonds. The van der Waals surface area contributed by atoms with Crippen LogP contribution in [0.25, 0.3) is 0 Å². The predicted octanol–water partition coefficient (Wildman–Crippen LogP) is 0.689. The molecular formula is C12H22N4O. The minimum absolute atomic E-state index is 0.322. The van der Waals surface area contributed by atoms with Crippen LogP contribution in [0.3, 0.4) is 0 Å². The molecule has 17 heavy (non-hydrogen) atoms. The number of imidazole rings is 1. The van der Waals surface area contributed by atoms with Crippen molar-refractivity contribution in [3.05, 3.63) is 18.2 Å². The van der Waals surface area contributed by atoms with Gasteiger partial charge >= 0.3 is 0 Å². The molecule has 0 aliphatic heterocycles. The Morgan fingerprint density at radius 2 is 2.35 bits per heavy atom. The Balaban J connectivity index is 2.66. The third-order valence-corrected chi connectivity index (χ3v) is 3.22. The molecule has 1 atom stereocenters. The molecule has 0 fully saturated rings. The monoisotopic (exact) mass is 238 g/mol. The number of nitrogens with zero attached hydrogens (tertiary/aromatic N) is 2. The van der Waals surface area contributed by atoms with Crippen LogP contribution in [0.2, 0.25) is 0 Å². The van der Waals surface area contributed by atoms with Gasteiger partial charge in [-0.2, -0.15) is 0 Å². The smallest absolute Gasteiger partial charge is 0.237 e. The minimum atomic E-state index is -0.659. The van der Waals surface area contributed by atoms with Crippen molar-refractivity contribution in [3.8, 4) is 0 Å². The Labute approximate surface area is 102 Å². The van der Waals surface area contributed by atoms with Crippen LogP contribution >= 0.6 is 0 Å². The molecule has 1 unspecified atom stereocenters. The third-order valence-electron chi connectivity index (χ3n) is 3.22. The van der Waals surface area contributed by atoms with E-state index >= 15 is 0 Å². The van der Waals surface area contributed by atoms with Crippen LogP contribution in [0, 0.1) is 0 Å². The van der Waals surface area contributed by atoms with Crippen molar-refractivity contribution in [2.24, 2.45) is 5.73 Å². The predicted molar refractivity (Wildman–Crippen MR) is 67.5 cm³/mol. The number of primary amides is 1. The average Bonchev–Trinajstić information content (AvgIpc) is 2.74. The molecule has 0 aromatic carbocycles. The second kappa shape index (κ2) is 5.82. The number of carbonyl (C=O) groups excluding carboxylic acids is 1. The molecule has 1 aromatic rings. The number of nitrogens with two attached hydrogens (primary N) is 1. The molecule has 0 aliphatic carbocycles. The van der Waals surface area contributed by atoms with E-state index in [2.05, 4.69) is 21.8 Å². The number of likely N-dealkylation sites (N-methyl/N-ethyl adjacent to an activating group) is 1. The van der Waals surface area contributed by atoms with Crippen molar-refractivity contribution in [1.29, 1.82) is 0 Å². The normalized spacial score (nSPS) is 14.5. The molecule has 0 saturated heterocycles. The maximum absolute atomic E-state index is 11.4. The largest absolute Gasteiger partial charge is 0.368 e. The SMILES string of the molecule is CCCc1nccn1CCC(C)(NC)C(N)=O. The van der Waals surface area contributed by atoms with Gasteiger partial charge in [0.15, 0.2) is 0 Å². The zero-order valence-electron chi connectivity index (χ0n) is 10.9. The highest BCUT2D eigenvalue weighted by atomic mass is 16.1. The van der Waals surface area contributed by atoms with Gasteiger partial charge in [-0.15, -0.1) is 0 Å². The number of hydrogen-bond acceptors (Lipinski definition) is 3. The van der Waals surface area contributed by atoms with E-state index in [-0.39, 0.29) is 5.91 Å². The lowest BCUT2D eigenvalue weighted by Crippen LogP contribution is -2.52. The number of rotatable bonds is 7. The van der Waals surface area contributed by atoms with E-state index in [0.29, 0.717) is 6.42 Å². The van der Waals surface area contributed by atoms with Crippen molar-refractivity contribution >= 4 is 5.91 Å². The Kier molecular flexibility index (Phi) is 4.69. The minimum Gasteiger partial charge on any atom is -0.368 e. The average molecular weight is 238 g/mol. The number of hydrogen-bond donors (Lipinski definition) is 2. The molecule has 1 rings (SSSR count). The van der Waals surface area contributed by atoms with Gasteiger partial charge < -0.3 is 15.6 Å². The van der Waals surface area contributed by atoms with Gasteiger partial charge in [0.25, 0.3) is 0 Å². The standard InChI is InChI=1S/C12H22N4O/c1-4-5-10-15-7-9-16(10)8-6-12(2,14-3)11(13)17/h7,9,14H,4-6,8H2,1-3H3,(H2,13,17). The van der Waals surface area contributed by atoms with Crippen LogP contribution in [0.4, 0.5) is 0 Å². The molecule has 96 valence electrons. The fraction of sp³-hybridized carbons (Fsp3) is 0.667. The van der Waals surface area contributed by atoms with Crippen LogP contribution < -0.4 is 11.1 Å². The zero-order chi connectivity index (χ0) is 12.9. The van der Waals surface area contributed by atoms with Crippen LogP contribution in [-0.2, 0) is 17.8 Å². The second-order valence-electron chi connectivity index (χ2n) is 4.48. The summed E-state index contributed by atoms with van der Waals surface area (Å²) >= 11 is 0. The van der Waals surface area contributed by atoms with Gasteiger partial charge in [-0.05, 0) is 26.8 Å². The molecule has 5 heteroatoms. The molecular weight excluding hydrogens is 216 g/mol. The fourth-order valence-electron chi connectivity index (χ4n) is 1.71. The molecule has 5 nitrogen and oxygen atoms in total. The fourth-order valence-corrected chi connectivity index (χ4v) is 1.71. The molecule has 0 bridgehead atoms. The van der Waals surface area contributed by atoms with Crippen molar-refractivity contribution < 1.29 is 4.79 Å². The van der Waals surface area contributed by atoms with Crippen LogP contribution in [0.1, 0.15) is 32.5 Å². The maximum atomic E-state index is 11.4. The van der Waals surface area contributed by atoms with E-state index in [0.717, 1.165) is 25.2 Å². The highest BCUT2D eigenvalue weighted by Gasteiger charge is 2.28. The van der Waals surface area contributed by atoms with Crippen LogP contribution in [0.5, 0.6) is 0 Å². The van der Waals surface area contributed by atoms with E-state index in [4.69, 9.17) is 5.73 Å². The summed E-state index contributed by atoms with van der Waals surface area (Å²) in [6.07, 6.45) is 6.43. The summed E-state index contributed by atoms with van der Waals surface area (Å²) in [6, 6.07) is 0. The number of amides is 1. The van der Waals surface area contributed by atoms with Gasteiger partial charge in [0, 0.05) is 25.4 Å². The van der Waals surface area contributed by atoms with Gasteiger partial charge in [0.05, 0.1) is 5.54 Å². The van der Waals surface area contributed by atoms with E-state index in [1.54, 1.807) is 13.2 Å². The lowest BCUT2D eigenvalue weighted by Gasteiger charge is -2.25. The lowest BCUT2D eigenvalue weighted by molar-refractivity contribution is -0.123. The summed E-state index contributed by atoms with van der Waals surface area (Å²) in [5.41, 5.74) is 4.73. The summed E-state index contributed by atoms with van der Waals surface area (Å²) < 4.78 is 2.09. The zero-order valence-corrected chi connectivity index (χ0v) is 10.9. The topological polar surface area (TPSA) is 72.9 Å². The first-order valence-electron chi connectivity index (χ1n) is 6.02. The molecule has 1 heterocycles. The summed E-state index contributed by atoms with van der Waals surface area (Å²) in [5, 5.41) is 2.98. The molecule has 0 aliphatic rings. The summed E-state index contributed by atoms with van der Waals surface area (Å²) in [4.78, 5) is 15.7. The van der Waals surface area contributed by atoms with E-state index in [9.17, 15) is 4.79 Å². The molecule has 0 radical (unpaired) electrons. The molecule has 0 spiro atoms. The maximum Gasteiger partial charge on any atom is 0.237 e. The summed E-state index contributed by atoms with van der Waals surface area (Å²) in [5.74, 6) is 0.743. The molecule has 1 aromatic heterocycles. The highest BCUT2D eigenvalue weighted by Crippen LogP contribution is 2.11. The first-order chi connectivity index (χ1) is 8.03. The molecule has 0 saturated carbocycles. The Hall–Kier alpha value is -1.36. The Morgan fingerprint density at radius 3 is 2.88 bits per heavy atom. The van der Waals surface area contributed by atoms with Gasteiger partial charge in [0.2, 0.25) is 5.91 Å². The van der Waals surface area contributed by atoms with Crippen LogP contribution in [0.15, 0.2) is 12.4 Å². The quantitative estimate of drug-likeness (QED) is 0.734. The third kappa shape index (κ3) is 3.30. The first kappa shape index (κ1) is 13.7.